The van der Waals surface area contributed by atoms with Gasteiger partial charge in [0.25, 0.3) is 11.7 Å². The van der Waals surface area contributed by atoms with E-state index in [2.05, 4.69) is 5.32 Å². The van der Waals surface area contributed by atoms with Gasteiger partial charge < -0.3 is 19.5 Å². The molecule has 0 radical (unpaired) electrons. The first-order valence-corrected chi connectivity index (χ1v) is 9.30. The highest BCUT2D eigenvalue weighted by atomic mass is 35.5. The van der Waals surface area contributed by atoms with Crippen LogP contribution < -0.4 is 14.8 Å². The van der Waals surface area contributed by atoms with Gasteiger partial charge in [0.15, 0.2) is 18.1 Å². The van der Waals surface area contributed by atoms with Gasteiger partial charge in [0.1, 0.15) is 13.2 Å². The van der Waals surface area contributed by atoms with E-state index in [9.17, 15) is 18.4 Å². The molecule has 0 unspecified atom stereocenters. The first-order valence-electron chi connectivity index (χ1n) is 8.04. The van der Waals surface area contributed by atoms with E-state index in [1.807, 2.05) is 0 Å². The van der Waals surface area contributed by atoms with Gasteiger partial charge in [-0.15, -0.1) is 0 Å². The highest BCUT2D eigenvalue weighted by Gasteiger charge is 2.21. The van der Waals surface area contributed by atoms with E-state index in [1.165, 1.54) is 24.3 Å². The summed E-state index contributed by atoms with van der Waals surface area (Å²) in [4.78, 5) is 24.4. The van der Waals surface area contributed by atoms with Gasteiger partial charge in [-0.05, 0) is 24.3 Å². The maximum Gasteiger partial charge on any atom is 0.338 e. The van der Waals surface area contributed by atoms with Gasteiger partial charge in [-0.2, -0.15) is 8.78 Å². The molecule has 2 aromatic rings. The maximum absolute atomic E-state index is 12.6. The monoisotopic (exact) mass is 429 g/mol. The molecule has 3 rings (SSSR count). The Hall–Kier alpha value is -2.52. The predicted molar refractivity (Wildman–Crippen MR) is 99.7 cm³/mol. The number of hydrogen-bond acceptors (Lipinski definition) is 6. The molecule has 0 fully saturated rings. The number of benzene rings is 2. The highest BCUT2D eigenvalue weighted by molar-refractivity contribution is 7.99. The van der Waals surface area contributed by atoms with Crippen molar-refractivity contribution in [1.29, 1.82) is 0 Å². The van der Waals surface area contributed by atoms with Crippen LogP contribution in [0.25, 0.3) is 0 Å². The lowest BCUT2D eigenvalue weighted by Gasteiger charge is -2.20. The summed E-state index contributed by atoms with van der Waals surface area (Å²) >= 11 is 6.37. The van der Waals surface area contributed by atoms with E-state index in [4.69, 9.17) is 25.8 Å². The third kappa shape index (κ3) is 5.05. The number of alkyl halides is 2. The molecule has 1 aliphatic heterocycles. The van der Waals surface area contributed by atoms with E-state index < -0.39 is 24.2 Å². The number of anilines is 1. The topological polar surface area (TPSA) is 73.9 Å². The molecule has 6 nitrogen and oxygen atoms in total. The fourth-order valence-electron chi connectivity index (χ4n) is 2.40. The predicted octanol–water partition coefficient (Wildman–Crippen LogP) is 4.22. The molecule has 0 aromatic heterocycles. The quantitative estimate of drug-likeness (QED) is 0.547. The number of ether oxygens (including phenoxy) is 3. The summed E-state index contributed by atoms with van der Waals surface area (Å²) in [6.07, 6.45) is 0. The van der Waals surface area contributed by atoms with Crippen LogP contribution in [0, 0.1) is 0 Å². The lowest BCUT2D eigenvalue weighted by atomic mass is 10.2. The van der Waals surface area contributed by atoms with Crippen LogP contribution in [0.3, 0.4) is 0 Å². The average molecular weight is 430 g/mol. The molecule has 2 aromatic carbocycles. The summed E-state index contributed by atoms with van der Waals surface area (Å²) in [6, 6.07) is 8.86. The second-order valence-corrected chi connectivity index (χ2v) is 6.92. The number of thioether (sulfide) groups is 1. The number of rotatable bonds is 6. The van der Waals surface area contributed by atoms with Crippen LogP contribution in [0.1, 0.15) is 10.4 Å². The van der Waals surface area contributed by atoms with E-state index in [0.29, 0.717) is 36.5 Å². The lowest BCUT2D eigenvalue weighted by Crippen LogP contribution is -2.21. The number of fused-ring (bicyclic) bond motifs is 1. The Morgan fingerprint density at radius 1 is 1.21 bits per heavy atom. The van der Waals surface area contributed by atoms with Crippen molar-refractivity contribution in [1.82, 2.24) is 0 Å². The Balaban J connectivity index is 1.61. The summed E-state index contributed by atoms with van der Waals surface area (Å²) in [5.74, 6) is -3.43. The third-order valence-corrected chi connectivity index (χ3v) is 4.61. The Bertz CT molecular complexity index is 896. The zero-order valence-corrected chi connectivity index (χ0v) is 15.8. The van der Waals surface area contributed by atoms with Crippen molar-refractivity contribution in [2.45, 2.75) is 10.7 Å². The summed E-state index contributed by atoms with van der Waals surface area (Å²) in [6.45, 7) is 0.0703. The van der Waals surface area contributed by atoms with Gasteiger partial charge >= 0.3 is 5.97 Å². The van der Waals surface area contributed by atoms with Crippen molar-refractivity contribution in [3.63, 3.8) is 0 Å². The van der Waals surface area contributed by atoms with Crippen molar-refractivity contribution >= 4 is 40.9 Å². The molecule has 0 saturated heterocycles. The molecule has 0 atom stereocenters. The fraction of sp³-hybridized carbons (Fsp3) is 0.222. The first-order chi connectivity index (χ1) is 13.4. The van der Waals surface area contributed by atoms with Crippen LogP contribution in [0.5, 0.6) is 11.5 Å². The van der Waals surface area contributed by atoms with Crippen molar-refractivity contribution in [3.8, 4) is 11.5 Å². The number of amides is 1. The number of halogens is 3. The minimum absolute atomic E-state index is 0.0932. The second kappa shape index (κ2) is 9.11. The van der Waals surface area contributed by atoms with Crippen LogP contribution in [0.2, 0.25) is 5.02 Å². The van der Waals surface area contributed by atoms with Gasteiger partial charge in [0.2, 0.25) is 0 Å². The number of esters is 1. The summed E-state index contributed by atoms with van der Waals surface area (Å²) < 4.78 is 40.9. The number of carbonyl (C=O) groups is 2. The molecule has 0 saturated carbocycles. The summed E-state index contributed by atoms with van der Waals surface area (Å²) in [5.41, 5.74) is 0.298. The van der Waals surface area contributed by atoms with Crippen molar-refractivity contribution in [2.24, 2.45) is 0 Å². The Kier molecular flexibility index (Phi) is 6.58. The smallest absolute Gasteiger partial charge is 0.338 e. The summed E-state index contributed by atoms with van der Waals surface area (Å²) in [7, 11) is 0. The number of para-hydroxylation sites is 1. The standard InChI is InChI=1S/C18H14ClF2NO5S/c19-11-7-10(8-13-16(11)26-6-5-25-13)17(24)27-9-15(23)22-12-3-1-2-4-14(12)28-18(20)21/h1-4,7-8,18H,5-6,9H2,(H,22,23). The van der Waals surface area contributed by atoms with E-state index >= 15 is 0 Å². The van der Waals surface area contributed by atoms with Crippen LogP contribution in [0.15, 0.2) is 41.3 Å². The van der Waals surface area contributed by atoms with Crippen LogP contribution >= 0.6 is 23.4 Å². The Morgan fingerprint density at radius 2 is 1.96 bits per heavy atom. The molecular weight excluding hydrogens is 416 g/mol. The molecule has 1 aliphatic rings. The van der Waals surface area contributed by atoms with Crippen molar-refractivity contribution in [2.75, 3.05) is 25.1 Å². The minimum Gasteiger partial charge on any atom is -0.486 e. The molecule has 0 spiro atoms. The molecular formula is C18H14ClF2NO5S. The number of nitrogens with one attached hydrogen (secondary N) is 1. The number of carbonyl (C=O) groups excluding carboxylic acids is 2. The molecule has 148 valence electrons. The molecule has 1 heterocycles. The minimum atomic E-state index is -2.63. The van der Waals surface area contributed by atoms with Gasteiger partial charge in [0.05, 0.1) is 16.3 Å². The first kappa shape index (κ1) is 20.2. The Morgan fingerprint density at radius 3 is 2.75 bits per heavy atom. The molecule has 0 bridgehead atoms. The molecule has 0 aliphatic carbocycles. The normalized spacial score (nSPS) is 12.6. The summed E-state index contributed by atoms with van der Waals surface area (Å²) in [5, 5.41) is 2.63. The maximum atomic E-state index is 12.6. The lowest BCUT2D eigenvalue weighted by molar-refractivity contribution is -0.119. The van der Waals surface area contributed by atoms with Gasteiger partial charge in [-0.1, -0.05) is 35.5 Å². The largest absolute Gasteiger partial charge is 0.486 e. The van der Waals surface area contributed by atoms with E-state index in [1.54, 1.807) is 12.1 Å². The van der Waals surface area contributed by atoms with Crippen molar-refractivity contribution in [3.05, 3.63) is 47.0 Å². The van der Waals surface area contributed by atoms with Gasteiger partial charge in [-0.3, -0.25) is 4.79 Å². The average Bonchev–Trinajstić information content (AvgIpc) is 2.67. The zero-order valence-electron chi connectivity index (χ0n) is 14.2. The molecule has 1 amide bonds. The van der Waals surface area contributed by atoms with Gasteiger partial charge in [-0.25, -0.2) is 4.79 Å². The molecule has 10 heteroatoms. The van der Waals surface area contributed by atoms with Crippen LogP contribution in [-0.4, -0.2) is 37.5 Å². The molecule has 1 N–H and O–H groups in total. The zero-order chi connectivity index (χ0) is 20.1. The van der Waals surface area contributed by atoms with E-state index in [-0.39, 0.29) is 21.2 Å². The fourth-order valence-corrected chi connectivity index (χ4v) is 3.26. The van der Waals surface area contributed by atoms with Crippen LogP contribution in [0.4, 0.5) is 14.5 Å². The van der Waals surface area contributed by atoms with Crippen LogP contribution in [-0.2, 0) is 9.53 Å². The van der Waals surface area contributed by atoms with Gasteiger partial charge in [0, 0.05) is 4.90 Å². The van der Waals surface area contributed by atoms with E-state index in [0.717, 1.165) is 0 Å². The third-order valence-electron chi connectivity index (χ3n) is 3.54. The number of hydrogen-bond donors (Lipinski definition) is 1. The molecule has 28 heavy (non-hydrogen) atoms. The second-order valence-electron chi connectivity index (χ2n) is 5.48. The van der Waals surface area contributed by atoms with Crippen molar-refractivity contribution < 1.29 is 32.6 Å². The highest BCUT2D eigenvalue weighted by Crippen LogP contribution is 2.38. The SMILES string of the molecule is O=C(COC(=O)c1cc(Cl)c2c(c1)OCCO2)Nc1ccccc1SC(F)F. The Labute approximate surface area is 168 Å².